The lowest BCUT2D eigenvalue weighted by Crippen LogP contribution is -1.93. The highest BCUT2D eigenvalue weighted by molar-refractivity contribution is 5.66. The van der Waals surface area contributed by atoms with E-state index in [0.717, 1.165) is 77.0 Å². The number of rotatable bonds is 14. The largest absolute Gasteiger partial charge is 0.481 e. The highest BCUT2D eigenvalue weighted by Crippen LogP contribution is 2.08. The van der Waals surface area contributed by atoms with Crippen LogP contribution in [0.4, 0.5) is 0 Å². The molecule has 2 N–H and O–H groups in total. The van der Waals surface area contributed by atoms with Crippen LogP contribution < -0.4 is 0 Å². The highest BCUT2D eigenvalue weighted by Gasteiger charge is 1.96. The zero-order valence-corrected chi connectivity index (χ0v) is 13.6. The molecule has 0 rings (SSSR count). The van der Waals surface area contributed by atoms with E-state index in [4.69, 9.17) is 10.2 Å². The summed E-state index contributed by atoms with van der Waals surface area (Å²) in [6, 6.07) is 0. The van der Waals surface area contributed by atoms with Gasteiger partial charge < -0.3 is 10.2 Å². The van der Waals surface area contributed by atoms with Crippen molar-refractivity contribution in [2.75, 3.05) is 0 Å². The van der Waals surface area contributed by atoms with Gasteiger partial charge in [0, 0.05) is 25.7 Å². The molecule has 0 unspecified atom stereocenters. The third-order valence-electron chi connectivity index (χ3n) is 3.51. The second-order valence-electron chi connectivity index (χ2n) is 5.68. The third-order valence-corrected chi connectivity index (χ3v) is 3.51. The fourth-order valence-corrected chi connectivity index (χ4v) is 2.22. The number of unbranched alkanes of at least 4 members (excludes halogenated alkanes) is 10. The Bertz CT molecular complexity index is 320. The zero-order valence-electron chi connectivity index (χ0n) is 13.6. The van der Waals surface area contributed by atoms with E-state index in [9.17, 15) is 9.59 Å². The Kier molecular flexibility index (Phi) is 14.8. The van der Waals surface area contributed by atoms with Gasteiger partial charge in [-0.1, -0.05) is 38.5 Å². The van der Waals surface area contributed by atoms with Gasteiger partial charge in [0.25, 0.3) is 0 Å². The molecule has 0 spiro atoms. The molecule has 4 heteroatoms. The van der Waals surface area contributed by atoms with E-state index in [1.54, 1.807) is 0 Å². The molecule has 0 aliphatic rings. The van der Waals surface area contributed by atoms with Crippen LogP contribution in [0.1, 0.15) is 89.9 Å². The van der Waals surface area contributed by atoms with Crippen molar-refractivity contribution < 1.29 is 19.8 Å². The maximum absolute atomic E-state index is 10.3. The van der Waals surface area contributed by atoms with E-state index >= 15 is 0 Å². The van der Waals surface area contributed by atoms with Crippen molar-refractivity contribution in [1.82, 2.24) is 0 Å². The number of hydrogen-bond acceptors (Lipinski definition) is 2. The predicted molar refractivity (Wildman–Crippen MR) is 87.7 cm³/mol. The van der Waals surface area contributed by atoms with Gasteiger partial charge in [0.05, 0.1) is 0 Å². The first kappa shape index (κ1) is 20.5. The van der Waals surface area contributed by atoms with Crippen molar-refractivity contribution in [2.24, 2.45) is 0 Å². The number of hydrogen-bond donors (Lipinski definition) is 2. The van der Waals surface area contributed by atoms with E-state index in [-0.39, 0.29) is 12.8 Å². The monoisotopic (exact) mass is 310 g/mol. The van der Waals surface area contributed by atoms with Gasteiger partial charge in [-0.3, -0.25) is 9.59 Å². The Balaban J connectivity index is 3.16. The average Bonchev–Trinajstić information content (AvgIpc) is 2.46. The molecule has 0 saturated carbocycles. The quantitative estimate of drug-likeness (QED) is 0.362. The minimum Gasteiger partial charge on any atom is -0.481 e. The van der Waals surface area contributed by atoms with Gasteiger partial charge in [-0.15, -0.1) is 11.8 Å². The molecule has 0 radical (unpaired) electrons. The molecule has 0 saturated heterocycles. The highest BCUT2D eigenvalue weighted by atomic mass is 16.4. The lowest BCUT2D eigenvalue weighted by Gasteiger charge is -1.98. The number of carboxylic acids is 2. The van der Waals surface area contributed by atoms with E-state index in [1.807, 2.05) is 0 Å². The van der Waals surface area contributed by atoms with Gasteiger partial charge in [-0.25, -0.2) is 0 Å². The Hall–Kier alpha value is -1.50. The number of aliphatic carboxylic acids is 2. The van der Waals surface area contributed by atoms with Crippen LogP contribution in [0, 0.1) is 11.8 Å². The van der Waals surface area contributed by atoms with Crippen molar-refractivity contribution >= 4 is 11.9 Å². The van der Waals surface area contributed by atoms with Gasteiger partial charge in [-0.2, -0.15) is 0 Å². The molecular weight excluding hydrogens is 280 g/mol. The summed E-state index contributed by atoms with van der Waals surface area (Å²) < 4.78 is 0. The maximum atomic E-state index is 10.3. The first-order valence-electron chi connectivity index (χ1n) is 8.52. The van der Waals surface area contributed by atoms with E-state index < -0.39 is 11.9 Å². The first-order valence-corrected chi connectivity index (χ1v) is 8.52. The molecule has 0 aliphatic heterocycles. The van der Waals surface area contributed by atoms with Crippen LogP contribution in [0.15, 0.2) is 0 Å². The number of carbonyl (C=O) groups is 2. The summed E-state index contributed by atoms with van der Waals surface area (Å²) >= 11 is 0. The van der Waals surface area contributed by atoms with Crippen LogP contribution >= 0.6 is 0 Å². The summed E-state index contributed by atoms with van der Waals surface area (Å²) in [5.41, 5.74) is 0. The molecule has 0 fully saturated rings. The Morgan fingerprint density at radius 2 is 0.864 bits per heavy atom. The first-order chi connectivity index (χ1) is 10.6. The van der Waals surface area contributed by atoms with E-state index in [0.29, 0.717) is 0 Å². The van der Waals surface area contributed by atoms with Crippen molar-refractivity contribution in [3.8, 4) is 11.8 Å². The van der Waals surface area contributed by atoms with Crippen molar-refractivity contribution in [3.05, 3.63) is 0 Å². The second kappa shape index (κ2) is 15.9. The van der Waals surface area contributed by atoms with Gasteiger partial charge in [-0.05, 0) is 25.7 Å². The van der Waals surface area contributed by atoms with Gasteiger partial charge in [0.15, 0.2) is 0 Å². The minimum atomic E-state index is -0.701. The van der Waals surface area contributed by atoms with Crippen LogP contribution in [-0.2, 0) is 9.59 Å². The molecular formula is C18H30O4. The zero-order chi connectivity index (χ0) is 16.5. The smallest absolute Gasteiger partial charge is 0.303 e. The van der Waals surface area contributed by atoms with Crippen LogP contribution in [0.3, 0.4) is 0 Å². The lowest BCUT2D eigenvalue weighted by atomic mass is 10.1. The van der Waals surface area contributed by atoms with Gasteiger partial charge >= 0.3 is 11.9 Å². The van der Waals surface area contributed by atoms with Crippen LogP contribution in [-0.4, -0.2) is 22.2 Å². The summed E-state index contributed by atoms with van der Waals surface area (Å²) in [6.07, 6.45) is 12.7. The van der Waals surface area contributed by atoms with Crippen LogP contribution in [0.2, 0.25) is 0 Å². The van der Waals surface area contributed by atoms with Gasteiger partial charge in [0.2, 0.25) is 0 Å². The van der Waals surface area contributed by atoms with E-state index in [1.165, 1.54) is 0 Å². The van der Waals surface area contributed by atoms with Gasteiger partial charge in [0.1, 0.15) is 0 Å². The molecule has 126 valence electrons. The van der Waals surface area contributed by atoms with Crippen molar-refractivity contribution in [3.63, 3.8) is 0 Å². The third kappa shape index (κ3) is 18.5. The number of carboxylic acid groups (broad SMARTS) is 2. The second-order valence-corrected chi connectivity index (χ2v) is 5.68. The lowest BCUT2D eigenvalue weighted by molar-refractivity contribution is -0.138. The normalized spacial score (nSPS) is 10.0. The summed E-state index contributed by atoms with van der Waals surface area (Å²) in [4.78, 5) is 20.6. The topological polar surface area (TPSA) is 74.6 Å². The molecule has 0 heterocycles. The molecule has 0 atom stereocenters. The van der Waals surface area contributed by atoms with E-state index in [2.05, 4.69) is 11.8 Å². The molecule has 0 aromatic carbocycles. The van der Waals surface area contributed by atoms with Crippen molar-refractivity contribution in [1.29, 1.82) is 0 Å². The van der Waals surface area contributed by atoms with Crippen molar-refractivity contribution in [2.45, 2.75) is 89.9 Å². The molecule has 4 nitrogen and oxygen atoms in total. The molecule has 0 aromatic heterocycles. The summed E-state index contributed by atoms with van der Waals surface area (Å²) in [5, 5.41) is 17.0. The minimum absolute atomic E-state index is 0.288. The molecule has 0 aromatic rings. The Labute approximate surface area is 134 Å². The molecule has 0 amide bonds. The van der Waals surface area contributed by atoms with Crippen LogP contribution in [0.25, 0.3) is 0 Å². The Morgan fingerprint density at radius 3 is 1.23 bits per heavy atom. The average molecular weight is 310 g/mol. The maximum Gasteiger partial charge on any atom is 0.303 e. The molecule has 0 bridgehead atoms. The summed E-state index contributed by atoms with van der Waals surface area (Å²) in [6.45, 7) is 0. The summed E-state index contributed by atoms with van der Waals surface area (Å²) in [7, 11) is 0. The Morgan fingerprint density at radius 1 is 0.545 bits per heavy atom. The summed E-state index contributed by atoms with van der Waals surface area (Å²) in [5.74, 6) is 4.98. The molecule has 22 heavy (non-hydrogen) atoms. The predicted octanol–water partition coefficient (Wildman–Crippen LogP) is 4.62. The molecule has 0 aliphatic carbocycles. The SMILES string of the molecule is O=C(O)CCCCCCCC#CCCCCCCCC(=O)O. The standard InChI is InChI=1S/C18H30O4/c19-17(20)15-13-11-9-7-5-3-1-2-4-6-8-10-12-14-16-18(21)22/h3-16H2,(H,19,20)(H,21,22). The fraction of sp³-hybridized carbons (Fsp3) is 0.778. The van der Waals surface area contributed by atoms with Crippen LogP contribution in [0.5, 0.6) is 0 Å². The fourth-order valence-electron chi connectivity index (χ4n) is 2.22.